The molecule has 1 aliphatic rings. The van der Waals surface area contributed by atoms with Gasteiger partial charge in [-0.1, -0.05) is 37.6 Å². The van der Waals surface area contributed by atoms with Crippen LogP contribution in [0.4, 0.5) is 5.69 Å². The van der Waals surface area contributed by atoms with Crippen LogP contribution >= 0.6 is 11.6 Å². The first-order valence-corrected chi connectivity index (χ1v) is 9.09. The van der Waals surface area contributed by atoms with Crippen LogP contribution in [0.5, 0.6) is 11.5 Å². The summed E-state index contributed by atoms with van der Waals surface area (Å²) in [6, 6.07) is 11.2. The lowest BCUT2D eigenvalue weighted by atomic mass is 10.0. The minimum Gasteiger partial charge on any atom is -0.486 e. The number of carbonyl (C=O) groups excluding carboxylic acids is 2. The Morgan fingerprint density at radius 3 is 2.44 bits per heavy atom. The van der Waals surface area contributed by atoms with Crippen molar-refractivity contribution in [1.29, 1.82) is 0 Å². The summed E-state index contributed by atoms with van der Waals surface area (Å²) >= 11 is 6.07. The SMILES string of the molecule is CC(C)[C@H](NC(=O)c1ccccc1Cl)C(=O)Nc1ccc2c(c1)OCCO2. The molecule has 1 aliphatic heterocycles. The molecule has 0 saturated heterocycles. The number of fused-ring (bicyclic) bond motifs is 1. The number of benzene rings is 2. The second-order valence-electron chi connectivity index (χ2n) is 6.52. The van der Waals surface area contributed by atoms with E-state index in [1.54, 1.807) is 42.5 Å². The monoisotopic (exact) mass is 388 g/mol. The van der Waals surface area contributed by atoms with Gasteiger partial charge in [0.1, 0.15) is 19.3 Å². The molecule has 0 saturated carbocycles. The Morgan fingerprint density at radius 2 is 1.74 bits per heavy atom. The maximum Gasteiger partial charge on any atom is 0.253 e. The molecule has 0 aromatic heterocycles. The third-order valence-corrected chi connectivity index (χ3v) is 4.49. The summed E-state index contributed by atoms with van der Waals surface area (Å²) in [6.07, 6.45) is 0. The Labute approximate surface area is 162 Å². The van der Waals surface area contributed by atoms with Gasteiger partial charge in [0.05, 0.1) is 10.6 Å². The first-order valence-electron chi connectivity index (χ1n) is 8.71. The molecule has 1 heterocycles. The van der Waals surface area contributed by atoms with Crippen molar-refractivity contribution in [1.82, 2.24) is 5.32 Å². The van der Waals surface area contributed by atoms with Crippen LogP contribution in [0.1, 0.15) is 24.2 Å². The lowest BCUT2D eigenvalue weighted by Gasteiger charge is -2.23. The third-order valence-electron chi connectivity index (χ3n) is 4.16. The topological polar surface area (TPSA) is 76.7 Å². The summed E-state index contributed by atoms with van der Waals surface area (Å²) in [5, 5.41) is 5.93. The van der Waals surface area contributed by atoms with E-state index in [2.05, 4.69) is 10.6 Å². The normalized spacial score (nSPS) is 13.8. The highest BCUT2D eigenvalue weighted by atomic mass is 35.5. The standard InChI is InChI=1S/C20H21ClN2O4/c1-12(2)18(23-19(24)14-5-3-4-6-15(14)21)20(25)22-13-7-8-16-17(11-13)27-10-9-26-16/h3-8,11-12,18H,9-10H2,1-2H3,(H,22,25)(H,23,24)/t18-/m0/s1. The Morgan fingerprint density at radius 1 is 1.04 bits per heavy atom. The van der Waals surface area contributed by atoms with E-state index in [0.29, 0.717) is 41.0 Å². The second kappa shape index (κ2) is 8.31. The van der Waals surface area contributed by atoms with Crippen molar-refractivity contribution in [2.24, 2.45) is 5.92 Å². The zero-order valence-corrected chi connectivity index (χ0v) is 15.9. The number of hydrogen-bond acceptors (Lipinski definition) is 4. The van der Waals surface area contributed by atoms with Crippen molar-refractivity contribution in [3.63, 3.8) is 0 Å². The van der Waals surface area contributed by atoms with Gasteiger partial charge in [0, 0.05) is 11.8 Å². The third kappa shape index (κ3) is 4.52. The highest BCUT2D eigenvalue weighted by Crippen LogP contribution is 2.32. The van der Waals surface area contributed by atoms with Gasteiger partial charge in [0.25, 0.3) is 5.91 Å². The largest absolute Gasteiger partial charge is 0.486 e. The average molecular weight is 389 g/mol. The van der Waals surface area contributed by atoms with E-state index in [0.717, 1.165) is 0 Å². The van der Waals surface area contributed by atoms with Crippen LogP contribution in [0, 0.1) is 5.92 Å². The fraction of sp³-hybridized carbons (Fsp3) is 0.300. The van der Waals surface area contributed by atoms with Crippen molar-refractivity contribution in [2.45, 2.75) is 19.9 Å². The van der Waals surface area contributed by atoms with Crippen LogP contribution in [-0.4, -0.2) is 31.1 Å². The van der Waals surface area contributed by atoms with Crippen LogP contribution in [0.25, 0.3) is 0 Å². The molecule has 6 nitrogen and oxygen atoms in total. The fourth-order valence-electron chi connectivity index (χ4n) is 2.74. The highest BCUT2D eigenvalue weighted by molar-refractivity contribution is 6.33. The van der Waals surface area contributed by atoms with Crippen molar-refractivity contribution in [3.8, 4) is 11.5 Å². The molecule has 0 unspecified atom stereocenters. The van der Waals surface area contributed by atoms with Gasteiger partial charge in [0.15, 0.2) is 11.5 Å². The molecule has 27 heavy (non-hydrogen) atoms. The fourth-order valence-corrected chi connectivity index (χ4v) is 2.96. The molecule has 2 aromatic rings. The molecular formula is C20H21ClN2O4. The minimum absolute atomic E-state index is 0.117. The maximum absolute atomic E-state index is 12.7. The molecule has 0 spiro atoms. The number of nitrogens with one attached hydrogen (secondary N) is 2. The molecule has 2 amide bonds. The summed E-state index contributed by atoms with van der Waals surface area (Å²) in [5.41, 5.74) is 0.902. The van der Waals surface area contributed by atoms with Crippen molar-refractivity contribution < 1.29 is 19.1 Å². The zero-order chi connectivity index (χ0) is 19.4. The number of rotatable bonds is 5. The van der Waals surface area contributed by atoms with Crippen LogP contribution in [-0.2, 0) is 4.79 Å². The van der Waals surface area contributed by atoms with Gasteiger partial charge in [0.2, 0.25) is 5.91 Å². The van der Waals surface area contributed by atoms with E-state index < -0.39 is 11.9 Å². The van der Waals surface area contributed by atoms with Gasteiger partial charge in [-0.05, 0) is 30.2 Å². The van der Waals surface area contributed by atoms with Gasteiger partial charge in [-0.2, -0.15) is 0 Å². The van der Waals surface area contributed by atoms with Crippen LogP contribution in [0.2, 0.25) is 5.02 Å². The number of ether oxygens (including phenoxy) is 2. The van der Waals surface area contributed by atoms with Gasteiger partial charge >= 0.3 is 0 Å². The predicted octanol–water partition coefficient (Wildman–Crippen LogP) is 3.50. The summed E-state index contributed by atoms with van der Waals surface area (Å²) in [4.78, 5) is 25.3. The van der Waals surface area contributed by atoms with Crippen molar-refractivity contribution >= 4 is 29.1 Å². The van der Waals surface area contributed by atoms with E-state index in [-0.39, 0.29) is 11.8 Å². The molecule has 7 heteroatoms. The smallest absolute Gasteiger partial charge is 0.253 e. The lowest BCUT2D eigenvalue weighted by molar-refractivity contribution is -0.118. The summed E-state index contributed by atoms with van der Waals surface area (Å²) in [5.74, 6) is 0.402. The molecular weight excluding hydrogens is 368 g/mol. The number of anilines is 1. The van der Waals surface area contributed by atoms with Gasteiger partial charge in [-0.25, -0.2) is 0 Å². The van der Waals surface area contributed by atoms with Crippen molar-refractivity contribution in [2.75, 3.05) is 18.5 Å². The first kappa shape index (κ1) is 19.0. The van der Waals surface area contributed by atoms with E-state index >= 15 is 0 Å². The molecule has 3 rings (SSSR count). The molecule has 2 N–H and O–H groups in total. The Kier molecular flexibility index (Phi) is 5.86. The van der Waals surface area contributed by atoms with E-state index in [1.165, 1.54) is 0 Å². The number of carbonyl (C=O) groups is 2. The number of hydrogen-bond donors (Lipinski definition) is 2. The Hall–Kier alpha value is -2.73. The molecule has 142 valence electrons. The molecule has 0 radical (unpaired) electrons. The molecule has 1 atom stereocenters. The van der Waals surface area contributed by atoms with Gasteiger partial charge in [-0.3, -0.25) is 9.59 Å². The average Bonchev–Trinajstić information content (AvgIpc) is 2.65. The second-order valence-corrected chi connectivity index (χ2v) is 6.93. The van der Waals surface area contributed by atoms with E-state index in [1.807, 2.05) is 13.8 Å². The molecule has 2 aromatic carbocycles. The van der Waals surface area contributed by atoms with Crippen molar-refractivity contribution in [3.05, 3.63) is 53.1 Å². The number of amides is 2. The van der Waals surface area contributed by atoms with Gasteiger partial charge in [-0.15, -0.1) is 0 Å². The van der Waals surface area contributed by atoms with Crippen LogP contribution in [0.15, 0.2) is 42.5 Å². The number of halogens is 1. The van der Waals surface area contributed by atoms with Crippen LogP contribution < -0.4 is 20.1 Å². The predicted molar refractivity (Wildman–Crippen MR) is 104 cm³/mol. The summed E-state index contributed by atoms with van der Waals surface area (Å²) in [6.45, 7) is 4.69. The van der Waals surface area contributed by atoms with Gasteiger partial charge < -0.3 is 20.1 Å². The van der Waals surface area contributed by atoms with E-state index in [9.17, 15) is 9.59 Å². The van der Waals surface area contributed by atoms with Crippen LogP contribution in [0.3, 0.4) is 0 Å². The Bertz CT molecular complexity index is 854. The van der Waals surface area contributed by atoms with E-state index in [4.69, 9.17) is 21.1 Å². The molecule has 0 fully saturated rings. The summed E-state index contributed by atoms with van der Waals surface area (Å²) < 4.78 is 11.0. The Balaban J connectivity index is 1.72. The highest BCUT2D eigenvalue weighted by Gasteiger charge is 2.26. The zero-order valence-electron chi connectivity index (χ0n) is 15.1. The minimum atomic E-state index is -0.720. The summed E-state index contributed by atoms with van der Waals surface area (Å²) in [7, 11) is 0. The quantitative estimate of drug-likeness (QED) is 0.821. The first-order chi connectivity index (χ1) is 13.0. The molecule has 0 aliphatic carbocycles. The lowest BCUT2D eigenvalue weighted by Crippen LogP contribution is -2.47. The maximum atomic E-state index is 12.7. The molecule has 0 bridgehead atoms.